The van der Waals surface area contributed by atoms with Gasteiger partial charge in [0, 0.05) is 11.1 Å². The van der Waals surface area contributed by atoms with E-state index in [9.17, 15) is 9.50 Å². The number of aliphatic hydroxyl groups excluding tert-OH is 1. The van der Waals surface area contributed by atoms with Crippen molar-refractivity contribution in [2.45, 2.75) is 44.8 Å². The van der Waals surface area contributed by atoms with Crippen molar-refractivity contribution in [2.24, 2.45) is 0 Å². The molecule has 1 fully saturated rings. The number of nitrogens with zero attached hydrogens (tertiary/aromatic N) is 1. The van der Waals surface area contributed by atoms with Crippen LogP contribution in [0.3, 0.4) is 0 Å². The summed E-state index contributed by atoms with van der Waals surface area (Å²) >= 11 is 3.19. The van der Waals surface area contributed by atoms with Crippen LogP contribution >= 0.6 is 15.9 Å². The van der Waals surface area contributed by atoms with Gasteiger partial charge in [-0.15, -0.1) is 0 Å². The third-order valence-electron chi connectivity index (χ3n) is 4.41. The van der Waals surface area contributed by atoms with E-state index in [4.69, 9.17) is 0 Å². The Morgan fingerprint density at radius 3 is 2.63 bits per heavy atom. The van der Waals surface area contributed by atoms with Gasteiger partial charge >= 0.3 is 0 Å². The predicted molar refractivity (Wildman–Crippen MR) is 78.6 cm³/mol. The molecule has 4 heteroatoms. The molecule has 0 saturated carbocycles. The van der Waals surface area contributed by atoms with Gasteiger partial charge in [-0.25, -0.2) is 4.39 Å². The van der Waals surface area contributed by atoms with Crippen LogP contribution in [0, 0.1) is 5.82 Å². The Morgan fingerprint density at radius 1 is 1.42 bits per heavy atom. The molecule has 1 saturated heterocycles. The summed E-state index contributed by atoms with van der Waals surface area (Å²) in [5, 5.41) is 10.7. The van der Waals surface area contributed by atoms with Gasteiger partial charge < -0.3 is 5.11 Å². The minimum atomic E-state index is -0.812. The van der Waals surface area contributed by atoms with Gasteiger partial charge in [0.2, 0.25) is 0 Å². The van der Waals surface area contributed by atoms with Gasteiger partial charge in [0.15, 0.2) is 0 Å². The molecule has 1 heterocycles. The number of hydrogen-bond acceptors (Lipinski definition) is 2. The topological polar surface area (TPSA) is 23.5 Å². The highest BCUT2D eigenvalue weighted by molar-refractivity contribution is 9.10. The summed E-state index contributed by atoms with van der Waals surface area (Å²) in [5.74, 6) is -0.353. The molecule has 1 aliphatic heterocycles. The maximum Gasteiger partial charge on any atom is 0.143 e. The lowest BCUT2D eigenvalue weighted by atomic mass is 9.85. The second-order valence-electron chi connectivity index (χ2n) is 5.45. The molecule has 106 valence electrons. The highest BCUT2D eigenvalue weighted by Gasteiger charge is 2.40. The zero-order chi connectivity index (χ0) is 14.0. The van der Waals surface area contributed by atoms with Crippen LogP contribution in [0.5, 0.6) is 0 Å². The normalized spacial score (nSPS) is 21.3. The van der Waals surface area contributed by atoms with Crippen LogP contribution in [0.2, 0.25) is 0 Å². The standard InChI is InChI=1S/C15H21BrFNO/c1-3-15(2,18-9-4-5-10-18)14(19)11-7-6-8-12(16)13(11)17/h6-8,14,19H,3-5,9-10H2,1-2H3. The van der Waals surface area contributed by atoms with E-state index in [1.54, 1.807) is 18.2 Å². The van der Waals surface area contributed by atoms with Crippen LogP contribution in [0.1, 0.15) is 44.8 Å². The number of halogens is 2. The van der Waals surface area contributed by atoms with Gasteiger partial charge in [0.05, 0.1) is 10.6 Å². The van der Waals surface area contributed by atoms with Crippen molar-refractivity contribution in [1.82, 2.24) is 4.90 Å². The van der Waals surface area contributed by atoms with Crippen LogP contribution in [0.15, 0.2) is 22.7 Å². The molecule has 2 unspecified atom stereocenters. The number of likely N-dealkylation sites (tertiary alicyclic amines) is 1. The van der Waals surface area contributed by atoms with Crippen molar-refractivity contribution in [3.05, 3.63) is 34.1 Å². The maximum atomic E-state index is 14.2. The Labute approximate surface area is 122 Å². The number of rotatable bonds is 4. The Hall–Kier alpha value is -0.450. The van der Waals surface area contributed by atoms with Crippen molar-refractivity contribution < 1.29 is 9.50 Å². The minimum Gasteiger partial charge on any atom is -0.386 e. The average molecular weight is 330 g/mol. The van der Waals surface area contributed by atoms with Gasteiger partial charge in [-0.05, 0) is 61.3 Å². The molecular weight excluding hydrogens is 309 g/mol. The quantitative estimate of drug-likeness (QED) is 0.905. The molecule has 19 heavy (non-hydrogen) atoms. The molecule has 1 aliphatic rings. The first-order valence-electron chi connectivity index (χ1n) is 6.87. The second-order valence-corrected chi connectivity index (χ2v) is 6.30. The fourth-order valence-corrected chi connectivity index (χ4v) is 3.27. The van der Waals surface area contributed by atoms with Crippen LogP contribution in [0.4, 0.5) is 4.39 Å². The van der Waals surface area contributed by atoms with Crippen molar-refractivity contribution in [3.63, 3.8) is 0 Å². The van der Waals surface area contributed by atoms with Gasteiger partial charge in [0.1, 0.15) is 5.82 Å². The summed E-state index contributed by atoms with van der Waals surface area (Å²) in [6.45, 7) is 6.05. The van der Waals surface area contributed by atoms with Crippen molar-refractivity contribution in [3.8, 4) is 0 Å². The Bertz CT molecular complexity index is 448. The predicted octanol–water partition coefficient (Wildman–Crippen LogP) is 3.89. The van der Waals surface area contributed by atoms with Crippen molar-refractivity contribution in [2.75, 3.05) is 13.1 Å². The molecule has 0 radical (unpaired) electrons. The summed E-state index contributed by atoms with van der Waals surface area (Å²) in [4.78, 5) is 2.29. The van der Waals surface area contributed by atoms with Gasteiger partial charge in [-0.2, -0.15) is 0 Å². The Kier molecular flexibility index (Phi) is 4.64. The zero-order valence-electron chi connectivity index (χ0n) is 11.5. The minimum absolute atomic E-state index is 0.353. The second kappa shape index (κ2) is 5.90. The van der Waals surface area contributed by atoms with E-state index in [1.807, 2.05) is 6.92 Å². The van der Waals surface area contributed by atoms with Gasteiger partial charge in [-0.1, -0.05) is 19.1 Å². The molecule has 0 amide bonds. The molecule has 1 N–H and O–H groups in total. The maximum absolute atomic E-state index is 14.2. The molecule has 1 aromatic rings. The summed E-state index contributed by atoms with van der Waals surface area (Å²) in [7, 11) is 0. The first-order valence-corrected chi connectivity index (χ1v) is 7.67. The molecule has 0 aliphatic carbocycles. The number of aliphatic hydroxyl groups is 1. The Morgan fingerprint density at radius 2 is 2.05 bits per heavy atom. The summed E-state index contributed by atoms with van der Waals surface area (Å²) in [6, 6.07) is 5.10. The SMILES string of the molecule is CCC(C)(C(O)c1cccc(Br)c1F)N1CCCC1. The van der Waals surface area contributed by atoms with E-state index in [-0.39, 0.29) is 5.82 Å². The largest absolute Gasteiger partial charge is 0.386 e. The van der Waals surface area contributed by atoms with Gasteiger partial charge in [0.25, 0.3) is 0 Å². The third kappa shape index (κ3) is 2.71. The fourth-order valence-electron chi connectivity index (χ4n) is 2.88. The lowest BCUT2D eigenvalue weighted by molar-refractivity contribution is -0.0158. The molecule has 1 aromatic carbocycles. The first-order chi connectivity index (χ1) is 9.00. The summed E-state index contributed by atoms with van der Waals surface area (Å²) in [6.07, 6.45) is 2.29. The Balaban J connectivity index is 2.34. The number of benzene rings is 1. The van der Waals surface area contributed by atoms with Crippen LogP contribution in [0.25, 0.3) is 0 Å². The zero-order valence-corrected chi connectivity index (χ0v) is 13.1. The molecule has 0 aromatic heterocycles. The molecule has 2 atom stereocenters. The van der Waals surface area contributed by atoms with Crippen molar-refractivity contribution in [1.29, 1.82) is 0 Å². The van der Waals surface area contributed by atoms with E-state index in [1.165, 1.54) is 0 Å². The lowest BCUT2D eigenvalue weighted by Crippen LogP contribution is -2.49. The fraction of sp³-hybridized carbons (Fsp3) is 0.600. The van der Waals surface area contributed by atoms with Gasteiger partial charge in [-0.3, -0.25) is 4.90 Å². The molecule has 2 rings (SSSR count). The van der Waals surface area contributed by atoms with Crippen molar-refractivity contribution >= 4 is 15.9 Å². The highest BCUT2D eigenvalue weighted by Crippen LogP contribution is 2.38. The average Bonchev–Trinajstić information content (AvgIpc) is 2.94. The highest BCUT2D eigenvalue weighted by atomic mass is 79.9. The van der Waals surface area contributed by atoms with Crippen LogP contribution < -0.4 is 0 Å². The van der Waals surface area contributed by atoms with E-state index < -0.39 is 11.6 Å². The lowest BCUT2D eigenvalue weighted by Gasteiger charge is -2.42. The van der Waals surface area contributed by atoms with E-state index in [0.717, 1.165) is 32.4 Å². The van der Waals surface area contributed by atoms with Crippen LogP contribution in [-0.4, -0.2) is 28.6 Å². The molecule has 2 nitrogen and oxygen atoms in total. The molecule has 0 bridgehead atoms. The van der Waals surface area contributed by atoms with E-state index in [0.29, 0.717) is 10.0 Å². The monoisotopic (exact) mass is 329 g/mol. The van der Waals surface area contributed by atoms with Crippen LogP contribution in [-0.2, 0) is 0 Å². The number of hydrogen-bond donors (Lipinski definition) is 1. The third-order valence-corrected chi connectivity index (χ3v) is 5.02. The first kappa shape index (κ1) is 14.9. The smallest absolute Gasteiger partial charge is 0.143 e. The summed E-state index contributed by atoms with van der Waals surface area (Å²) in [5.41, 5.74) is -0.0244. The molecular formula is C15H21BrFNO. The molecule has 0 spiro atoms. The van der Waals surface area contributed by atoms with E-state index >= 15 is 0 Å². The summed E-state index contributed by atoms with van der Waals surface area (Å²) < 4.78 is 14.6. The van der Waals surface area contributed by atoms with E-state index in [2.05, 4.69) is 27.8 Å².